The third kappa shape index (κ3) is 2.55. The summed E-state index contributed by atoms with van der Waals surface area (Å²) < 4.78 is 15.3. The Kier molecular flexibility index (Phi) is 3.40. The third-order valence-corrected chi connectivity index (χ3v) is 2.69. The van der Waals surface area contributed by atoms with Crippen molar-refractivity contribution in [3.8, 4) is 6.07 Å². The number of hydrogen-bond donors (Lipinski definition) is 1. The number of benzene rings is 1. The van der Waals surface area contributed by atoms with E-state index in [1.54, 1.807) is 29.2 Å². The summed E-state index contributed by atoms with van der Waals surface area (Å²) >= 11 is 0. The van der Waals surface area contributed by atoms with Gasteiger partial charge in [0.25, 0.3) is 0 Å². The lowest BCUT2D eigenvalue weighted by Gasteiger charge is -2.04. The fraction of sp³-hybridized carbons (Fsp3) is 0.231. The van der Waals surface area contributed by atoms with Crippen molar-refractivity contribution in [3.63, 3.8) is 0 Å². The number of aromatic nitrogens is 2. The lowest BCUT2D eigenvalue weighted by atomic mass is 10.1. The highest BCUT2D eigenvalue weighted by atomic mass is 19.1. The molecule has 1 heterocycles. The van der Waals surface area contributed by atoms with Crippen LogP contribution in [-0.4, -0.2) is 9.78 Å². The first-order chi connectivity index (χ1) is 8.60. The first-order valence-corrected chi connectivity index (χ1v) is 5.56. The molecule has 0 spiro atoms. The van der Waals surface area contributed by atoms with Gasteiger partial charge in [-0.05, 0) is 19.1 Å². The summed E-state index contributed by atoms with van der Waals surface area (Å²) in [4.78, 5) is 0. The van der Waals surface area contributed by atoms with Crippen LogP contribution in [0.15, 0.2) is 30.6 Å². The summed E-state index contributed by atoms with van der Waals surface area (Å²) in [6, 6.07) is 6.22. The van der Waals surface area contributed by atoms with Gasteiger partial charge in [0.1, 0.15) is 5.82 Å². The van der Waals surface area contributed by atoms with Gasteiger partial charge < -0.3 is 5.73 Å². The van der Waals surface area contributed by atoms with Gasteiger partial charge in [-0.1, -0.05) is 6.07 Å². The van der Waals surface area contributed by atoms with Crippen molar-refractivity contribution < 1.29 is 4.39 Å². The van der Waals surface area contributed by atoms with E-state index in [9.17, 15) is 4.39 Å². The molecular formula is C13H13FN4. The minimum absolute atomic E-state index is 0.0930. The van der Waals surface area contributed by atoms with Crippen molar-refractivity contribution in [1.82, 2.24) is 9.78 Å². The van der Waals surface area contributed by atoms with E-state index in [0.717, 1.165) is 5.56 Å². The van der Waals surface area contributed by atoms with Crippen LogP contribution in [0.5, 0.6) is 0 Å². The van der Waals surface area contributed by atoms with Crippen LogP contribution in [0.4, 0.5) is 4.39 Å². The highest BCUT2D eigenvalue weighted by Gasteiger charge is 2.07. The summed E-state index contributed by atoms with van der Waals surface area (Å²) in [7, 11) is 0. The molecule has 5 heteroatoms. The van der Waals surface area contributed by atoms with Crippen molar-refractivity contribution >= 4 is 0 Å². The van der Waals surface area contributed by atoms with E-state index in [1.807, 2.05) is 13.0 Å². The zero-order chi connectivity index (χ0) is 13.1. The smallest absolute Gasteiger partial charge is 0.129 e. The molecular weight excluding hydrogens is 231 g/mol. The molecule has 0 radical (unpaired) electrons. The maximum atomic E-state index is 13.7. The molecule has 0 unspecified atom stereocenters. The van der Waals surface area contributed by atoms with Crippen molar-refractivity contribution in [3.05, 3.63) is 53.1 Å². The van der Waals surface area contributed by atoms with Crippen molar-refractivity contribution in [2.75, 3.05) is 0 Å². The largest absolute Gasteiger partial charge is 0.324 e. The molecule has 0 amide bonds. The monoisotopic (exact) mass is 244 g/mol. The zero-order valence-electron chi connectivity index (χ0n) is 9.97. The predicted molar refractivity (Wildman–Crippen MR) is 65.0 cm³/mol. The molecule has 4 nitrogen and oxygen atoms in total. The van der Waals surface area contributed by atoms with Crippen LogP contribution in [0.1, 0.15) is 29.7 Å². The minimum atomic E-state index is -0.396. The Hall–Kier alpha value is -2.19. The highest BCUT2D eigenvalue weighted by Crippen LogP contribution is 2.13. The van der Waals surface area contributed by atoms with Gasteiger partial charge in [-0.15, -0.1) is 0 Å². The maximum Gasteiger partial charge on any atom is 0.129 e. The molecule has 0 aliphatic carbocycles. The summed E-state index contributed by atoms with van der Waals surface area (Å²) in [5, 5.41) is 12.8. The Bertz CT molecular complexity index is 595. The van der Waals surface area contributed by atoms with Crippen LogP contribution >= 0.6 is 0 Å². The minimum Gasteiger partial charge on any atom is -0.324 e. The van der Waals surface area contributed by atoms with Crippen molar-refractivity contribution in [1.29, 1.82) is 5.26 Å². The van der Waals surface area contributed by atoms with Crippen LogP contribution in [0.25, 0.3) is 0 Å². The molecule has 2 N–H and O–H groups in total. The molecule has 92 valence electrons. The number of halogens is 1. The lowest BCUT2D eigenvalue weighted by molar-refractivity contribution is 0.584. The molecule has 2 aromatic rings. The number of nitriles is 1. The van der Waals surface area contributed by atoms with Gasteiger partial charge in [-0.3, -0.25) is 4.68 Å². The summed E-state index contributed by atoms with van der Waals surface area (Å²) in [5.74, 6) is -0.396. The van der Waals surface area contributed by atoms with Crippen molar-refractivity contribution in [2.45, 2.75) is 19.5 Å². The van der Waals surface area contributed by atoms with E-state index in [4.69, 9.17) is 11.0 Å². The van der Waals surface area contributed by atoms with E-state index in [1.165, 1.54) is 6.07 Å². The molecule has 0 aliphatic rings. The average Bonchev–Trinajstić information content (AvgIpc) is 2.80. The maximum absolute atomic E-state index is 13.7. The number of nitrogens with two attached hydrogens (primary N) is 1. The second-order valence-corrected chi connectivity index (χ2v) is 4.18. The number of nitrogens with zero attached hydrogens (tertiary/aromatic N) is 3. The first kappa shape index (κ1) is 12.3. The quantitative estimate of drug-likeness (QED) is 0.897. The highest BCUT2D eigenvalue weighted by molar-refractivity contribution is 5.33. The number of hydrogen-bond acceptors (Lipinski definition) is 3. The van der Waals surface area contributed by atoms with Gasteiger partial charge in [0.15, 0.2) is 0 Å². The normalized spacial score (nSPS) is 12.1. The zero-order valence-corrected chi connectivity index (χ0v) is 9.97. The summed E-state index contributed by atoms with van der Waals surface area (Å²) in [5.41, 5.74) is 7.44. The number of rotatable bonds is 3. The second-order valence-electron chi connectivity index (χ2n) is 4.18. The van der Waals surface area contributed by atoms with Crippen LogP contribution in [0, 0.1) is 17.1 Å². The predicted octanol–water partition coefficient (Wildman–Crippen LogP) is 1.96. The molecule has 1 aromatic carbocycles. The topological polar surface area (TPSA) is 67.6 Å². The van der Waals surface area contributed by atoms with Crippen molar-refractivity contribution in [2.24, 2.45) is 5.73 Å². The molecule has 2 rings (SSSR count). The molecule has 0 fully saturated rings. The van der Waals surface area contributed by atoms with Gasteiger partial charge in [0, 0.05) is 23.4 Å². The molecule has 18 heavy (non-hydrogen) atoms. The van der Waals surface area contributed by atoms with Crippen LogP contribution < -0.4 is 5.73 Å². The van der Waals surface area contributed by atoms with Gasteiger partial charge in [0.05, 0.1) is 24.4 Å². The standard InChI is InChI=1S/C13H13FN4/c1-9(16)12-6-17-18(8-12)7-11-3-2-10(5-15)4-13(11)14/h2-4,6,8-9H,7,16H2,1H3/t9-/m0/s1. The van der Waals surface area contributed by atoms with Crippen LogP contribution in [0.2, 0.25) is 0 Å². The Morgan fingerprint density at radius 1 is 1.56 bits per heavy atom. The molecule has 0 saturated heterocycles. The van der Waals surface area contributed by atoms with E-state index < -0.39 is 5.82 Å². The fourth-order valence-electron chi connectivity index (χ4n) is 1.62. The molecule has 1 atom stereocenters. The van der Waals surface area contributed by atoms with Gasteiger partial charge in [-0.25, -0.2) is 4.39 Å². The second kappa shape index (κ2) is 4.98. The lowest BCUT2D eigenvalue weighted by Crippen LogP contribution is -2.05. The molecule has 1 aromatic heterocycles. The first-order valence-electron chi connectivity index (χ1n) is 5.56. The Morgan fingerprint density at radius 3 is 2.89 bits per heavy atom. The Morgan fingerprint density at radius 2 is 2.33 bits per heavy atom. The fourth-order valence-corrected chi connectivity index (χ4v) is 1.62. The third-order valence-electron chi connectivity index (χ3n) is 2.69. The van der Waals surface area contributed by atoms with Crippen LogP contribution in [0.3, 0.4) is 0 Å². The Balaban J connectivity index is 2.21. The summed E-state index contributed by atoms with van der Waals surface area (Å²) in [6.45, 7) is 2.19. The van der Waals surface area contributed by atoms with Crippen LogP contribution in [-0.2, 0) is 6.54 Å². The SMILES string of the molecule is C[C@H](N)c1cnn(Cc2ccc(C#N)cc2F)c1. The van der Waals surface area contributed by atoms with Gasteiger partial charge in [-0.2, -0.15) is 10.4 Å². The van der Waals surface area contributed by atoms with Gasteiger partial charge in [0.2, 0.25) is 0 Å². The van der Waals surface area contributed by atoms with E-state index in [-0.39, 0.29) is 6.04 Å². The summed E-state index contributed by atoms with van der Waals surface area (Å²) in [6.07, 6.45) is 3.47. The van der Waals surface area contributed by atoms with E-state index in [2.05, 4.69) is 5.10 Å². The molecule has 0 bridgehead atoms. The Labute approximate surface area is 104 Å². The van der Waals surface area contributed by atoms with E-state index in [0.29, 0.717) is 17.7 Å². The average molecular weight is 244 g/mol. The van der Waals surface area contributed by atoms with Gasteiger partial charge >= 0.3 is 0 Å². The molecule has 0 saturated carbocycles. The molecule has 0 aliphatic heterocycles. The van der Waals surface area contributed by atoms with E-state index >= 15 is 0 Å².